The zero-order chi connectivity index (χ0) is 18.0. The summed E-state index contributed by atoms with van der Waals surface area (Å²) in [6.07, 6.45) is 3.48. The van der Waals surface area contributed by atoms with Gasteiger partial charge < -0.3 is 5.32 Å². The molecule has 6 heteroatoms. The normalized spacial score (nSPS) is 13.4. The highest BCUT2D eigenvalue weighted by Gasteiger charge is 2.33. The molecule has 2 aromatic rings. The second-order valence-electron chi connectivity index (χ2n) is 5.95. The number of anilines is 1. The molecule has 1 N–H and O–H groups in total. The lowest BCUT2D eigenvalue weighted by Crippen LogP contribution is -2.22. The van der Waals surface area contributed by atoms with E-state index in [0.717, 1.165) is 12.8 Å². The van der Waals surface area contributed by atoms with Crippen molar-refractivity contribution in [2.75, 3.05) is 5.32 Å². The Balaban J connectivity index is 2.03. The van der Waals surface area contributed by atoms with Crippen molar-refractivity contribution in [1.82, 2.24) is 9.78 Å². The minimum absolute atomic E-state index is 0.0601. The number of nitrogens with zero attached hydrogens (tertiary/aromatic N) is 2. The maximum atomic E-state index is 12.9. The van der Waals surface area contributed by atoms with Gasteiger partial charge in [-0.2, -0.15) is 5.10 Å². The van der Waals surface area contributed by atoms with Gasteiger partial charge in [-0.3, -0.25) is 14.4 Å². The minimum atomic E-state index is -0.370. The van der Waals surface area contributed by atoms with Crippen LogP contribution < -0.4 is 5.32 Å². The Morgan fingerprint density at radius 2 is 1.92 bits per heavy atom. The molecule has 3 rings (SSSR count). The lowest BCUT2D eigenvalue weighted by atomic mass is 9.94. The predicted molar refractivity (Wildman–Crippen MR) is 93.9 cm³/mol. The van der Waals surface area contributed by atoms with Gasteiger partial charge in [0, 0.05) is 18.7 Å². The zero-order valence-corrected chi connectivity index (χ0v) is 14.2. The molecule has 1 aromatic carbocycles. The number of ketones is 2. The van der Waals surface area contributed by atoms with E-state index in [2.05, 4.69) is 10.4 Å². The highest BCUT2D eigenvalue weighted by Crippen LogP contribution is 2.26. The maximum absolute atomic E-state index is 12.9. The van der Waals surface area contributed by atoms with Crippen molar-refractivity contribution in [3.8, 4) is 0 Å². The maximum Gasteiger partial charge on any atom is 0.244 e. The van der Waals surface area contributed by atoms with Gasteiger partial charge in [-0.25, -0.2) is 4.68 Å². The first kappa shape index (κ1) is 16.8. The fraction of sp³-hybridized carbons (Fsp3) is 0.263. The third kappa shape index (κ3) is 3.15. The van der Waals surface area contributed by atoms with Gasteiger partial charge in [-0.1, -0.05) is 31.5 Å². The Morgan fingerprint density at radius 1 is 1.20 bits per heavy atom. The summed E-state index contributed by atoms with van der Waals surface area (Å²) in [5, 5.41) is 7.09. The molecule has 0 saturated heterocycles. The summed E-state index contributed by atoms with van der Waals surface area (Å²) in [6, 6.07) is 9.16. The van der Waals surface area contributed by atoms with Crippen LogP contribution in [0.25, 0.3) is 0 Å². The van der Waals surface area contributed by atoms with E-state index in [1.807, 2.05) is 37.3 Å². The number of rotatable bonds is 5. The van der Waals surface area contributed by atoms with Crippen LogP contribution in [-0.4, -0.2) is 27.3 Å². The van der Waals surface area contributed by atoms with Gasteiger partial charge in [-0.15, -0.1) is 0 Å². The molecule has 128 valence electrons. The Kier molecular flexibility index (Phi) is 4.61. The van der Waals surface area contributed by atoms with Gasteiger partial charge in [-0.05, 0) is 25.0 Å². The van der Waals surface area contributed by atoms with Crippen molar-refractivity contribution >= 4 is 23.2 Å². The van der Waals surface area contributed by atoms with E-state index in [9.17, 15) is 14.4 Å². The molecule has 0 radical (unpaired) electrons. The number of allylic oxidation sites excluding steroid dienone is 2. The van der Waals surface area contributed by atoms with Gasteiger partial charge in [0.2, 0.25) is 17.5 Å². The third-order valence-corrected chi connectivity index (χ3v) is 4.08. The Labute approximate surface area is 145 Å². The van der Waals surface area contributed by atoms with Gasteiger partial charge in [0.1, 0.15) is 5.69 Å². The van der Waals surface area contributed by atoms with Crippen LogP contribution in [0, 0.1) is 0 Å². The van der Waals surface area contributed by atoms with Crippen LogP contribution in [0.5, 0.6) is 0 Å². The SMILES string of the molecule is CCCCc1c2c(nn1C(C)=O)C(=O)C=C(Nc1ccccc1)C2=O. The van der Waals surface area contributed by atoms with E-state index >= 15 is 0 Å². The Morgan fingerprint density at radius 3 is 2.56 bits per heavy atom. The van der Waals surface area contributed by atoms with Crippen LogP contribution in [0.1, 0.15) is 58.0 Å². The number of hydrogen-bond donors (Lipinski definition) is 1. The summed E-state index contributed by atoms with van der Waals surface area (Å²) in [5.74, 6) is -0.985. The van der Waals surface area contributed by atoms with Crippen LogP contribution in [0.2, 0.25) is 0 Å². The molecule has 25 heavy (non-hydrogen) atoms. The predicted octanol–water partition coefficient (Wildman–Crippen LogP) is 3.26. The number of carbonyl (C=O) groups excluding carboxylic acids is 3. The van der Waals surface area contributed by atoms with E-state index in [-0.39, 0.29) is 34.4 Å². The van der Waals surface area contributed by atoms with Crippen LogP contribution in [0.3, 0.4) is 0 Å². The van der Waals surface area contributed by atoms with Gasteiger partial charge in [0.15, 0.2) is 0 Å². The van der Waals surface area contributed by atoms with Crippen LogP contribution >= 0.6 is 0 Å². The van der Waals surface area contributed by atoms with Crippen LogP contribution in [-0.2, 0) is 6.42 Å². The molecule has 0 fully saturated rings. The second kappa shape index (κ2) is 6.84. The number of para-hydroxylation sites is 1. The molecular formula is C19H19N3O3. The number of unbranched alkanes of at least 4 members (excludes halogenated alkanes) is 1. The van der Waals surface area contributed by atoms with E-state index in [4.69, 9.17) is 0 Å². The standard InChI is InChI=1S/C19H19N3O3/c1-3-4-10-15-17-18(21-22(15)12(2)23)16(24)11-14(19(17)25)20-13-8-6-5-7-9-13/h5-9,11,20H,3-4,10H2,1-2H3. The first-order valence-corrected chi connectivity index (χ1v) is 8.28. The van der Waals surface area contributed by atoms with Crippen LogP contribution in [0.4, 0.5) is 5.69 Å². The van der Waals surface area contributed by atoms with E-state index in [1.165, 1.54) is 17.7 Å². The molecule has 6 nitrogen and oxygen atoms in total. The van der Waals surface area contributed by atoms with Gasteiger partial charge in [0.05, 0.1) is 17.0 Å². The average Bonchev–Trinajstić information content (AvgIpc) is 2.99. The molecule has 1 heterocycles. The fourth-order valence-corrected chi connectivity index (χ4v) is 2.87. The molecule has 0 amide bonds. The van der Waals surface area contributed by atoms with Crippen molar-refractivity contribution in [3.63, 3.8) is 0 Å². The van der Waals surface area contributed by atoms with Gasteiger partial charge >= 0.3 is 0 Å². The summed E-state index contributed by atoms with van der Waals surface area (Å²) in [6.45, 7) is 3.40. The number of Topliss-reactive ketones (excluding diaryl/α,β-unsaturated/α-hetero) is 1. The van der Waals surface area contributed by atoms with Gasteiger partial charge in [0.25, 0.3) is 0 Å². The molecule has 0 aliphatic heterocycles. The molecule has 1 aliphatic rings. The van der Waals surface area contributed by atoms with Crippen LogP contribution in [0.15, 0.2) is 42.1 Å². The summed E-state index contributed by atoms with van der Waals surface area (Å²) >= 11 is 0. The van der Waals surface area contributed by atoms with E-state index in [1.54, 1.807) is 0 Å². The minimum Gasteiger partial charge on any atom is -0.352 e. The number of benzene rings is 1. The summed E-state index contributed by atoms with van der Waals surface area (Å²) < 4.78 is 1.19. The van der Waals surface area contributed by atoms with Crippen molar-refractivity contribution < 1.29 is 14.4 Å². The van der Waals surface area contributed by atoms with E-state index < -0.39 is 0 Å². The summed E-state index contributed by atoms with van der Waals surface area (Å²) in [4.78, 5) is 37.3. The van der Waals surface area contributed by atoms with Crippen molar-refractivity contribution in [2.24, 2.45) is 0 Å². The number of fused-ring (bicyclic) bond motifs is 1. The largest absolute Gasteiger partial charge is 0.352 e. The monoisotopic (exact) mass is 337 g/mol. The molecule has 0 spiro atoms. The fourth-order valence-electron chi connectivity index (χ4n) is 2.87. The summed E-state index contributed by atoms with van der Waals surface area (Å²) in [5.41, 5.74) is 1.74. The molecule has 0 bridgehead atoms. The Hall–Kier alpha value is -3.02. The number of hydrogen-bond acceptors (Lipinski definition) is 5. The lowest BCUT2D eigenvalue weighted by Gasteiger charge is -2.14. The van der Waals surface area contributed by atoms with Crippen molar-refractivity contribution in [3.05, 3.63) is 59.1 Å². The molecule has 1 aliphatic carbocycles. The number of aromatic nitrogens is 2. The highest BCUT2D eigenvalue weighted by molar-refractivity contribution is 6.25. The van der Waals surface area contributed by atoms with E-state index in [0.29, 0.717) is 17.8 Å². The Bertz CT molecular complexity index is 879. The van der Waals surface area contributed by atoms with Crippen molar-refractivity contribution in [1.29, 1.82) is 0 Å². The lowest BCUT2D eigenvalue weighted by molar-refractivity contribution is 0.0916. The molecule has 0 saturated carbocycles. The average molecular weight is 337 g/mol. The molecule has 0 atom stereocenters. The molecule has 1 aromatic heterocycles. The second-order valence-corrected chi connectivity index (χ2v) is 5.95. The number of nitrogens with one attached hydrogen (secondary N) is 1. The summed E-state index contributed by atoms with van der Waals surface area (Å²) in [7, 11) is 0. The number of carbonyl (C=O) groups is 3. The first-order chi connectivity index (χ1) is 12.0. The smallest absolute Gasteiger partial charge is 0.244 e. The quantitative estimate of drug-likeness (QED) is 0.905. The third-order valence-electron chi connectivity index (χ3n) is 4.08. The highest BCUT2D eigenvalue weighted by atomic mass is 16.2. The molecular weight excluding hydrogens is 318 g/mol. The zero-order valence-electron chi connectivity index (χ0n) is 14.2. The molecule has 0 unspecified atom stereocenters. The topological polar surface area (TPSA) is 81.1 Å². The first-order valence-electron chi connectivity index (χ1n) is 8.28. The van der Waals surface area contributed by atoms with Crippen molar-refractivity contribution in [2.45, 2.75) is 33.1 Å².